The highest BCUT2D eigenvalue weighted by Gasteiger charge is 2.11. The maximum atomic E-state index is 12.1. The predicted octanol–water partition coefficient (Wildman–Crippen LogP) is 2.04. The van der Waals surface area contributed by atoms with Crippen LogP contribution in [0.2, 0.25) is 0 Å². The molecule has 0 unspecified atom stereocenters. The Morgan fingerprint density at radius 2 is 1.83 bits per heavy atom. The third-order valence-electron chi connectivity index (χ3n) is 3.40. The van der Waals surface area contributed by atoms with Crippen LogP contribution in [0.25, 0.3) is 0 Å². The summed E-state index contributed by atoms with van der Waals surface area (Å²) in [6.07, 6.45) is 2.01. The molecule has 1 aromatic carbocycles. The maximum absolute atomic E-state index is 12.1. The van der Waals surface area contributed by atoms with Crippen molar-refractivity contribution < 1.29 is 8.42 Å². The minimum absolute atomic E-state index is 0.0415. The maximum Gasteiger partial charge on any atom is 0.233 e. The molecule has 0 radical (unpaired) electrons. The Labute approximate surface area is 144 Å². The van der Waals surface area contributed by atoms with Crippen molar-refractivity contribution in [3.63, 3.8) is 0 Å². The average molecular weight is 348 g/mol. The first kappa shape index (κ1) is 18.2. The zero-order valence-corrected chi connectivity index (χ0v) is 14.9. The summed E-state index contributed by atoms with van der Waals surface area (Å²) < 4.78 is 26.9. The summed E-state index contributed by atoms with van der Waals surface area (Å²) in [5, 5.41) is 3.18. The van der Waals surface area contributed by atoms with E-state index in [4.69, 9.17) is 0 Å². The monoisotopic (exact) mass is 348 g/mol. The van der Waals surface area contributed by atoms with Crippen LogP contribution >= 0.6 is 0 Å². The van der Waals surface area contributed by atoms with Gasteiger partial charge in [-0.3, -0.25) is 4.72 Å². The number of aromatic nitrogens is 1. The van der Waals surface area contributed by atoms with Crippen molar-refractivity contribution >= 4 is 21.5 Å². The van der Waals surface area contributed by atoms with Gasteiger partial charge in [0, 0.05) is 13.1 Å². The Balaban J connectivity index is 1.85. The number of benzene rings is 1. The lowest BCUT2D eigenvalue weighted by Crippen LogP contribution is -2.21. The number of sulfonamides is 1. The Morgan fingerprint density at radius 1 is 1.08 bits per heavy atom. The van der Waals surface area contributed by atoms with Gasteiger partial charge in [-0.15, -0.1) is 0 Å². The molecule has 6 nitrogen and oxygen atoms in total. The van der Waals surface area contributed by atoms with Crippen molar-refractivity contribution in [3.05, 3.63) is 54.2 Å². The van der Waals surface area contributed by atoms with E-state index < -0.39 is 10.0 Å². The van der Waals surface area contributed by atoms with E-state index in [9.17, 15) is 8.42 Å². The summed E-state index contributed by atoms with van der Waals surface area (Å²) in [5.41, 5.74) is 1.47. The lowest BCUT2D eigenvalue weighted by atomic mass is 10.2. The van der Waals surface area contributed by atoms with Gasteiger partial charge >= 0.3 is 0 Å². The number of anilines is 2. The summed E-state index contributed by atoms with van der Waals surface area (Å²) in [6, 6.07) is 13.0. The fourth-order valence-corrected chi connectivity index (χ4v) is 3.18. The predicted molar refractivity (Wildman–Crippen MR) is 98.8 cm³/mol. The second-order valence-electron chi connectivity index (χ2n) is 5.82. The fraction of sp³-hybridized carbons (Fsp3) is 0.353. The Hall–Kier alpha value is -2.12. The zero-order chi connectivity index (χ0) is 17.4. The van der Waals surface area contributed by atoms with Crippen LogP contribution in [-0.4, -0.2) is 51.2 Å². The molecule has 130 valence electrons. The van der Waals surface area contributed by atoms with Crippen molar-refractivity contribution in [1.82, 2.24) is 9.88 Å². The van der Waals surface area contributed by atoms with Crippen molar-refractivity contribution in [3.8, 4) is 0 Å². The van der Waals surface area contributed by atoms with Gasteiger partial charge in [-0.2, -0.15) is 0 Å². The number of aryl methyl sites for hydroxylation is 1. The van der Waals surface area contributed by atoms with Crippen LogP contribution in [0.4, 0.5) is 11.5 Å². The van der Waals surface area contributed by atoms with Gasteiger partial charge in [-0.05, 0) is 38.2 Å². The van der Waals surface area contributed by atoms with E-state index in [1.807, 2.05) is 44.4 Å². The van der Waals surface area contributed by atoms with Gasteiger partial charge in [-0.1, -0.05) is 30.3 Å². The highest BCUT2D eigenvalue weighted by Crippen LogP contribution is 2.12. The number of hydrogen-bond donors (Lipinski definition) is 2. The van der Waals surface area contributed by atoms with Gasteiger partial charge in [0.15, 0.2) is 0 Å². The SMILES string of the molecule is CN(C)CCNc1ccc(NS(=O)(=O)CCc2ccccc2)cn1. The summed E-state index contributed by atoms with van der Waals surface area (Å²) in [5.74, 6) is 0.768. The molecule has 1 aromatic heterocycles. The third-order valence-corrected chi connectivity index (χ3v) is 4.69. The van der Waals surface area contributed by atoms with E-state index in [0.29, 0.717) is 12.1 Å². The largest absolute Gasteiger partial charge is 0.369 e. The van der Waals surface area contributed by atoms with Crippen LogP contribution in [0.5, 0.6) is 0 Å². The third kappa shape index (κ3) is 6.55. The minimum atomic E-state index is -3.39. The number of nitrogens with one attached hydrogen (secondary N) is 2. The van der Waals surface area contributed by atoms with Gasteiger partial charge in [0.05, 0.1) is 17.6 Å². The molecule has 2 rings (SSSR count). The van der Waals surface area contributed by atoms with Crippen molar-refractivity contribution in [2.24, 2.45) is 0 Å². The van der Waals surface area contributed by atoms with Crippen LogP contribution < -0.4 is 10.0 Å². The average Bonchev–Trinajstić information content (AvgIpc) is 2.55. The number of hydrogen-bond acceptors (Lipinski definition) is 5. The van der Waals surface area contributed by atoms with E-state index >= 15 is 0 Å². The standard InChI is InChI=1S/C17H24N4O2S/c1-21(2)12-11-18-17-9-8-16(14-19-17)20-24(22,23)13-10-15-6-4-3-5-7-15/h3-9,14,20H,10-13H2,1-2H3,(H,18,19). The number of nitrogens with zero attached hydrogens (tertiary/aromatic N) is 2. The molecule has 0 bridgehead atoms. The van der Waals surface area contributed by atoms with Crippen molar-refractivity contribution in [1.29, 1.82) is 0 Å². The van der Waals surface area contributed by atoms with E-state index in [1.165, 1.54) is 6.20 Å². The van der Waals surface area contributed by atoms with Gasteiger partial charge in [-0.25, -0.2) is 13.4 Å². The second-order valence-corrected chi connectivity index (χ2v) is 7.66. The van der Waals surface area contributed by atoms with Gasteiger partial charge < -0.3 is 10.2 Å². The quantitative estimate of drug-likeness (QED) is 0.725. The highest BCUT2D eigenvalue weighted by molar-refractivity contribution is 7.92. The molecule has 1 heterocycles. The molecule has 0 atom stereocenters. The van der Waals surface area contributed by atoms with Gasteiger partial charge in [0.1, 0.15) is 5.82 Å². The lowest BCUT2D eigenvalue weighted by molar-refractivity contribution is 0.425. The molecule has 2 aromatic rings. The van der Waals surface area contributed by atoms with E-state index in [1.54, 1.807) is 12.1 Å². The molecular formula is C17H24N4O2S. The van der Waals surface area contributed by atoms with Crippen LogP contribution in [0.15, 0.2) is 48.7 Å². The minimum Gasteiger partial charge on any atom is -0.369 e. The number of likely N-dealkylation sites (N-methyl/N-ethyl adjacent to an activating group) is 1. The lowest BCUT2D eigenvalue weighted by Gasteiger charge is -2.11. The van der Waals surface area contributed by atoms with E-state index in [-0.39, 0.29) is 5.75 Å². The van der Waals surface area contributed by atoms with Crippen LogP contribution in [0, 0.1) is 0 Å². The summed E-state index contributed by atoms with van der Waals surface area (Å²) in [6.45, 7) is 1.68. The smallest absolute Gasteiger partial charge is 0.233 e. The molecule has 7 heteroatoms. The van der Waals surface area contributed by atoms with E-state index in [0.717, 1.165) is 24.5 Å². The molecule has 0 saturated heterocycles. The van der Waals surface area contributed by atoms with Gasteiger partial charge in [0.2, 0.25) is 10.0 Å². The number of pyridine rings is 1. The van der Waals surface area contributed by atoms with Gasteiger partial charge in [0.25, 0.3) is 0 Å². The Bertz CT molecular complexity index is 716. The molecule has 0 aliphatic heterocycles. The van der Waals surface area contributed by atoms with Crippen LogP contribution in [0.1, 0.15) is 5.56 Å². The molecule has 24 heavy (non-hydrogen) atoms. The molecule has 0 aliphatic carbocycles. The molecule has 0 spiro atoms. The first-order chi connectivity index (χ1) is 11.4. The number of rotatable bonds is 9. The summed E-state index contributed by atoms with van der Waals surface area (Å²) >= 11 is 0. The van der Waals surface area contributed by atoms with E-state index in [2.05, 4.69) is 19.9 Å². The molecular weight excluding hydrogens is 324 g/mol. The van der Waals surface area contributed by atoms with Crippen LogP contribution in [-0.2, 0) is 16.4 Å². The molecule has 0 amide bonds. The second kappa shape index (κ2) is 8.65. The topological polar surface area (TPSA) is 74.3 Å². The van der Waals surface area contributed by atoms with Crippen molar-refractivity contribution in [2.75, 3.05) is 43.0 Å². The molecule has 0 aliphatic rings. The normalized spacial score (nSPS) is 11.5. The molecule has 0 fully saturated rings. The summed E-state index contributed by atoms with van der Waals surface area (Å²) in [4.78, 5) is 6.29. The highest BCUT2D eigenvalue weighted by atomic mass is 32.2. The van der Waals surface area contributed by atoms with Crippen LogP contribution in [0.3, 0.4) is 0 Å². The fourth-order valence-electron chi connectivity index (χ4n) is 2.09. The van der Waals surface area contributed by atoms with Crippen molar-refractivity contribution in [2.45, 2.75) is 6.42 Å². The molecule has 2 N–H and O–H groups in total. The zero-order valence-electron chi connectivity index (χ0n) is 14.1. The summed E-state index contributed by atoms with van der Waals surface area (Å²) in [7, 11) is 0.614. The Morgan fingerprint density at radius 3 is 2.46 bits per heavy atom. The Kier molecular flexibility index (Phi) is 6.57. The first-order valence-corrected chi connectivity index (χ1v) is 9.49. The molecule has 0 saturated carbocycles. The first-order valence-electron chi connectivity index (χ1n) is 7.84.